The maximum absolute atomic E-state index is 6.95. The average Bonchev–Trinajstić information content (AvgIpc) is 3.58. The Morgan fingerprint density at radius 1 is 0.529 bits per heavy atom. The Balaban J connectivity index is 1.26. The van der Waals surface area contributed by atoms with Gasteiger partial charge in [-0.15, -0.1) is 0 Å². The van der Waals surface area contributed by atoms with Crippen molar-refractivity contribution in [3.63, 3.8) is 0 Å². The lowest BCUT2D eigenvalue weighted by molar-refractivity contribution is 0.360. The molecule has 0 amide bonds. The van der Waals surface area contributed by atoms with Crippen molar-refractivity contribution < 1.29 is 9.47 Å². The van der Waals surface area contributed by atoms with Crippen LogP contribution in [-0.4, -0.2) is 6.04 Å². The van der Waals surface area contributed by atoms with Crippen molar-refractivity contribution in [1.82, 2.24) is 0 Å². The maximum atomic E-state index is 6.95. The van der Waals surface area contributed by atoms with E-state index >= 15 is 0 Å². The van der Waals surface area contributed by atoms with Crippen LogP contribution in [0.4, 0.5) is 5.69 Å². The van der Waals surface area contributed by atoms with Crippen LogP contribution in [0, 0.1) is 0 Å². The van der Waals surface area contributed by atoms with E-state index in [9.17, 15) is 0 Å². The van der Waals surface area contributed by atoms with Gasteiger partial charge < -0.3 is 14.8 Å². The highest BCUT2D eigenvalue weighted by molar-refractivity contribution is 6.23. The van der Waals surface area contributed by atoms with E-state index in [2.05, 4.69) is 147 Å². The Morgan fingerprint density at radius 2 is 1.18 bits per heavy atom. The first-order valence-electron chi connectivity index (χ1n) is 17.9. The first-order chi connectivity index (χ1) is 24.9. The highest BCUT2D eigenvalue weighted by atomic mass is 16.6. The molecule has 7 aromatic carbocycles. The van der Waals surface area contributed by atoms with E-state index in [0.717, 1.165) is 28.6 Å². The van der Waals surface area contributed by atoms with Crippen LogP contribution in [0.15, 0.2) is 146 Å². The predicted molar refractivity (Wildman–Crippen MR) is 210 cm³/mol. The monoisotopic (exact) mass is 657 g/mol. The average molecular weight is 658 g/mol. The number of allylic oxidation sites excluding steroid dienone is 2. The lowest BCUT2D eigenvalue weighted by Crippen LogP contribution is -2.33. The normalized spacial score (nSPS) is 19.6. The zero-order valence-corrected chi connectivity index (χ0v) is 28.8. The van der Waals surface area contributed by atoms with Gasteiger partial charge in [-0.3, -0.25) is 0 Å². The third-order valence-electron chi connectivity index (χ3n) is 12.0. The lowest BCUT2D eigenvalue weighted by atomic mass is 9.75. The van der Waals surface area contributed by atoms with E-state index in [4.69, 9.17) is 9.47 Å². The number of hydrogen-bond donors (Lipinski definition) is 1. The van der Waals surface area contributed by atoms with E-state index in [-0.39, 0.29) is 16.9 Å². The van der Waals surface area contributed by atoms with E-state index in [1.54, 1.807) is 0 Å². The molecular weight excluding hydrogens is 623 g/mol. The summed E-state index contributed by atoms with van der Waals surface area (Å²) < 4.78 is 13.7. The quantitative estimate of drug-likeness (QED) is 0.188. The molecule has 0 saturated carbocycles. The second-order valence-electron chi connectivity index (χ2n) is 15.1. The summed E-state index contributed by atoms with van der Waals surface area (Å²) >= 11 is 0. The molecule has 11 rings (SSSR count). The van der Waals surface area contributed by atoms with Crippen LogP contribution in [0.3, 0.4) is 0 Å². The molecule has 0 saturated heterocycles. The summed E-state index contributed by atoms with van der Waals surface area (Å²) in [7, 11) is 0. The Bertz CT molecular complexity index is 2680. The fraction of sp³-hybridized carbons (Fsp3) is 0.125. The number of benzene rings is 7. The molecule has 0 spiro atoms. The highest BCUT2D eigenvalue weighted by Crippen LogP contribution is 2.62. The molecule has 7 aromatic rings. The van der Waals surface area contributed by atoms with Gasteiger partial charge in [-0.05, 0) is 97.7 Å². The van der Waals surface area contributed by atoms with Crippen molar-refractivity contribution in [3.05, 3.63) is 162 Å². The van der Waals surface area contributed by atoms with Gasteiger partial charge in [0.1, 0.15) is 0 Å². The Kier molecular flexibility index (Phi) is 5.65. The first-order valence-corrected chi connectivity index (χ1v) is 17.9. The highest BCUT2D eigenvalue weighted by Gasteiger charge is 2.43. The van der Waals surface area contributed by atoms with E-state index in [1.165, 1.54) is 71.7 Å². The summed E-state index contributed by atoms with van der Waals surface area (Å²) in [5.41, 5.74) is 12.0. The number of ether oxygens (including phenoxy) is 2. The minimum absolute atomic E-state index is 0.108. The molecular formula is C48H35NO2. The number of rotatable bonds is 2. The third kappa shape index (κ3) is 3.78. The number of para-hydroxylation sites is 2. The molecule has 0 radical (unpaired) electrons. The number of nitrogens with one attached hydrogen (secondary N) is 1. The maximum Gasteiger partial charge on any atom is 0.178 e. The van der Waals surface area contributed by atoms with Crippen molar-refractivity contribution in [1.29, 1.82) is 0 Å². The summed E-state index contributed by atoms with van der Waals surface area (Å²) in [4.78, 5) is 0. The number of anilines is 1. The van der Waals surface area contributed by atoms with Crippen molar-refractivity contribution in [3.8, 4) is 56.4 Å². The Labute approximate surface area is 297 Å². The van der Waals surface area contributed by atoms with Crippen LogP contribution in [0.25, 0.3) is 54.9 Å². The molecule has 3 heteroatoms. The Hall–Kier alpha value is -6.06. The molecule has 0 bridgehead atoms. The van der Waals surface area contributed by atoms with Crippen molar-refractivity contribution in [2.24, 2.45) is 0 Å². The van der Waals surface area contributed by atoms with Crippen LogP contribution in [-0.2, 0) is 10.8 Å². The van der Waals surface area contributed by atoms with Gasteiger partial charge in [0.05, 0.1) is 6.04 Å². The van der Waals surface area contributed by atoms with Gasteiger partial charge in [-0.25, -0.2) is 0 Å². The van der Waals surface area contributed by atoms with Crippen molar-refractivity contribution in [2.75, 3.05) is 5.32 Å². The summed E-state index contributed by atoms with van der Waals surface area (Å²) in [6.07, 6.45) is 8.96. The summed E-state index contributed by atoms with van der Waals surface area (Å²) in [5, 5.41) is 8.58. The van der Waals surface area contributed by atoms with Gasteiger partial charge in [0.15, 0.2) is 23.0 Å². The molecule has 2 aliphatic heterocycles. The standard InChI is InChI=1S/C48H35NO2/c1-47(2)34-19-9-8-18-33(34)44-36(47)27-40-46(51-39-21-11-10-20-38(39)50-40)45(44)43-31-16-6-4-14-29(31)42(30-15-5-7-17-32(30)43)28-23-24-37-35(26-28)48(3)25-13-12-22-41(48)49-37/h4-27,41,49H,1-3H3. The van der Waals surface area contributed by atoms with Crippen molar-refractivity contribution >= 4 is 27.2 Å². The molecule has 3 nitrogen and oxygen atoms in total. The molecule has 51 heavy (non-hydrogen) atoms. The molecule has 2 aliphatic carbocycles. The topological polar surface area (TPSA) is 30.5 Å². The van der Waals surface area contributed by atoms with Crippen LogP contribution in [0.2, 0.25) is 0 Å². The summed E-state index contributed by atoms with van der Waals surface area (Å²) in [6.45, 7) is 7.00. The van der Waals surface area contributed by atoms with Gasteiger partial charge >= 0.3 is 0 Å². The molecule has 244 valence electrons. The molecule has 2 unspecified atom stereocenters. The molecule has 0 aromatic heterocycles. The zero-order chi connectivity index (χ0) is 34.1. The SMILES string of the molecule is CC1(C)c2ccccc2-c2c1cc1c(c2-c2c3ccccc3c(-c3ccc4c(c3)C3(C)C=CC=CC3N4)c3ccccc23)Oc2ccccc2O1. The second kappa shape index (κ2) is 10.0. The largest absolute Gasteiger partial charge is 0.449 e. The van der Waals surface area contributed by atoms with Crippen LogP contribution in [0.5, 0.6) is 23.0 Å². The Morgan fingerprint density at radius 3 is 1.92 bits per heavy atom. The second-order valence-corrected chi connectivity index (χ2v) is 15.1. The lowest BCUT2D eigenvalue weighted by Gasteiger charge is -2.29. The van der Waals surface area contributed by atoms with Crippen LogP contribution >= 0.6 is 0 Å². The van der Waals surface area contributed by atoms with Crippen LogP contribution < -0.4 is 14.8 Å². The van der Waals surface area contributed by atoms with E-state index in [1.807, 2.05) is 24.3 Å². The molecule has 2 heterocycles. The van der Waals surface area contributed by atoms with Gasteiger partial charge in [0.2, 0.25) is 0 Å². The molecule has 0 fully saturated rings. The fourth-order valence-electron chi connectivity index (χ4n) is 9.40. The minimum Gasteiger partial charge on any atom is -0.449 e. The number of hydrogen-bond acceptors (Lipinski definition) is 3. The molecule has 2 atom stereocenters. The fourth-order valence-corrected chi connectivity index (χ4v) is 9.40. The molecule has 4 aliphatic rings. The van der Waals surface area contributed by atoms with Gasteiger partial charge in [-0.1, -0.05) is 129 Å². The van der Waals surface area contributed by atoms with E-state index < -0.39 is 0 Å². The van der Waals surface area contributed by atoms with Crippen LogP contribution in [0.1, 0.15) is 37.5 Å². The summed E-state index contributed by atoms with van der Waals surface area (Å²) in [5.74, 6) is 2.98. The summed E-state index contributed by atoms with van der Waals surface area (Å²) in [6, 6.07) is 44.2. The number of fused-ring (bicyclic) bond motifs is 10. The third-order valence-corrected chi connectivity index (χ3v) is 12.0. The van der Waals surface area contributed by atoms with Crippen molar-refractivity contribution in [2.45, 2.75) is 37.6 Å². The van der Waals surface area contributed by atoms with Gasteiger partial charge in [0.25, 0.3) is 0 Å². The molecule has 1 N–H and O–H groups in total. The first kappa shape index (κ1) is 28.7. The predicted octanol–water partition coefficient (Wildman–Crippen LogP) is 12.7. The van der Waals surface area contributed by atoms with E-state index in [0.29, 0.717) is 0 Å². The minimum atomic E-state index is -0.225. The zero-order valence-electron chi connectivity index (χ0n) is 28.8. The smallest absolute Gasteiger partial charge is 0.178 e. The van der Waals surface area contributed by atoms with Gasteiger partial charge in [-0.2, -0.15) is 0 Å². The van der Waals surface area contributed by atoms with Gasteiger partial charge in [0, 0.05) is 27.6 Å².